The number of benzene rings is 1. The molecule has 0 aliphatic carbocycles. The number of furan rings is 1. The van der Waals surface area contributed by atoms with E-state index in [2.05, 4.69) is 10.1 Å². The molecule has 8 nitrogen and oxygen atoms in total. The van der Waals surface area contributed by atoms with Gasteiger partial charge in [0.2, 0.25) is 11.6 Å². The number of pyridine rings is 1. The molecule has 0 fully saturated rings. The first kappa shape index (κ1) is 16.8. The largest absolute Gasteiger partial charge is 0.460 e. The van der Waals surface area contributed by atoms with E-state index in [1.54, 1.807) is 43.5 Å². The third-order valence-corrected chi connectivity index (χ3v) is 4.06. The van der Waals surface area contributed by atoms with Crippen LogP contribution in [0.5, 0.6) is 0 Å². The third kappa shape index (κ3) is 3.01. The molecule has 0 saturated carbocycles. The minimum atomic E-state index is -0.657. The van der Waals surface area contributed by atoms with Crippen LogP contribution in [0.1, 0.15) is 23.0 Å². The van der Waals surface area contributed by atoms with E-state index in [1.165, 1.54) is 4.57 Å². The molecule has 0 saturated heterocycles. The minimum absolute atomic E-state index is 0.0272. The Morgan fingerprint density at radius 3 is 2.78 bits per heavy atom. The predicted molar refractivity (Wildman–Crippen MR) is 95.3 cm³/mol. The number of fused-ring (bicyclic) bond motifs is 1. The van der Waals surface area contributed by atoms with Crippen molar-refractivity contribution >= 4 is 16.9 Å². The number of carbonyl (C=O) groups excluding carboxylic acids is 1. The molecule has 0 aliphatic heterocycles. The Labute approximate surface area is 153 Å². The summed E-state index contributed by atoms with van der Waals surface area (Å²) in [5.74, 6) is -0.929. The van der Waals surface area contributed by atoms with Crippen molar-refractivity contribution < 1.29 is 18.5 Å². The van der Waals surface area contributed by atoms with Gasteiger partial charge in [-0.15, -0.1) is 0 Å². The van der Waals surface area contributed by atoms with Crippen LogP contribution in [-0.2, 0) is 11.3 Å². The molecule has 3 heterocycles. The number of esters is 1. The van der Waals surface area contributed by atoms with Crippen LogP contribution in [0.3, 0.4) is 0 Å². The van der Waals surface area contributed by atoms with Crippen LogP contribution in [0.4, 0.5) is 0 Å². The average molecular weight is 365 g/mol. The molecule has 4 aromatic rings. The van der Waals surface area contributed by atoms with E-state index >= 15 is 0 Å². The maximum atomic E-state index is 12.3. The Morgan fingerprint density at radius 2 is 2.00 bits per heavy atom. The Balaban J connectivity index is 1.85. The van der Waals surface area contributed by atoms with Crippen molar-refractivity contribution in [1.82, 2.24) is 14.7 Å². The second-order valence-electron chi connectivity index (χ2n) is 5.70. The van der Waals surface area contributed by atoms with Gasteiger partial charge in [-0.1, -0.05) is 29.4 Å². The van der Waals surface area contributed by atoms with Crippen molar-refractivity contribution in [2.24, 2.45) is 0 Å². The number of carbonyl (C=O) groups is 1. The fourth-order valence-corrected chi connectivity index (χ4v) is 2.86. The van der Waals surface area contributed by atoms with Gasteiger partial charge in [0.25, 0.3) is 0 Å². The number of hydrogen-bond donors (Lipinski definition) is 0. The maximum absolute atomic E-state index is 12.3. The summed E-state index contributed by atoms with van der Waals surface area (Å²) in [5.41, 5.74) is 1.53. The number of aromatic nitrogens is 3. The van der Waals surface area contributed by atoms with Crippen molar-refractivity contribution in [1.29, 1.82) is 0 Å². The first-order valence-corrected chi connectivity index (χ1v) is 8.34. The smallest absolute Gasteiger partial charge is 0.442 e. The second-order valence-corrected chi connectivity index (χ2v) is 5.70. The van der Waals surface area contributed by atoms with Crippen LogP contribution in [0, 0.1) is 0 Å². The van der Waals surface area contributed by atoms with E-state index in [1.807, 2.05) is 12.1 Å². The average Bonchev–Trinajstić information content (AvgIpc) is 3.24. The topological polar surface area (TPSA) is 100 Å². The van der Waals surface area contributed by atoms with E-state index in [4.69, 9.17) is 13.7 Å². The fourth-order valence-electron chi connectivity index (χ4n) is 2.86. The summed E-state index contributed by atoms with van der Waals surface area (Å²) < 4.78 is 16.9. The first-order valence-electron chi connectivity index (χ1n) is 8.34. The van der Waals surface area contributed by atoms with Crippen LogP contribution in [0.15, 0.2) is 62.4 Å². The van der Waals surface area contributed by atoms with E-state index in [9.17, 15) is 9.59 Å². The number of nitrogens with zero attached hydrogens (tertiary/aromatic N) is 3. The highest BCUT2D eigenvalue weighted by molar-refractivity contribution is 5.96. The van der Waals surface area contributed by atoms with Crippen molar-refractivity contribution in [3.05, 3.63) is 70.5 Å². The Bertz CT molecular complexity index is 1160. The molecule has 0 bridgehead atoms. The van der Waals surface area contributed by atoms with Gasteiger partial charge < -0.3 is 9.15 Å². The van der Waals surface area contributed by atoms with Crippen LogP contribution in [-0.4, -0.2) is 27.3 Å². The van der Waals surface area contributed by atoms with E-state index in [0.717, 1.165) is 0 Å². The number of hydrogen-bond acceptors (Lipinski definition) is 7. The number of ether oxygens (including phenoxy) is 1. The molecule has 0 spiro atoms. The molecule has 0 atom stereocenters. The standard InChI is InChI=1S/C19H15N3O5/c1-2-25-18(23)16-13(12-7-3-4-9-15(12)26-16)11-22-17(21-27-19(22)24)14-8-5-6-10-20-14/h3-10H,2,11H2,1H3. The molecule has 0 N–H and O–H groups in total. The monoisotopic (exact) mass is 365 g/mol. The molecular weight excluding hydrogens is 350 g/mol. The molecule has 136 valence electrons. The van der Waals surface area contributed by atoms with E-state index in [0.29, 0.717) is 22.2 Å². The summed E-state index contributed by atoms with van der Waals surface area (Å²) in [6, 6.07) is 12.4. The molecule has 8 heteroatoms. The molecule has 0 aliphatic rings. The van der Waals surface area contributed by atoms with Crippen molar-refractivity contribution in [3.8, 4) is 11.5 Å². The Morgan fingerprint density at radius 1 is 1.19 bits per heavy atom. The van der Waals surface area contributed by atoms with Gasteiger partial charge in [-0.05, 0) is 25.1 Å². The lowest BCUT2D eigenvalue weighted by atomic mass is 10.1. The Hall–Kier alpha value is -3.68. The van der Waals surface area contributed by atoms with Crippen LogP contribution < -0.4 is 5.76 Å². The highest BCUT2D eigenvalue weighted by Crippen LogP contribution is 2.28. The summed E-state index contributed by atoms with van der Waals surface area (Å²) in [7, 11) is 0. The lowest BCUT2D eigenvalue weighted by molar-refractivity contribution is 0.0490. The van der Waals surface area contributed by atoms with Crippen molar-refractivity contribution in [3.63, 3.8) is 0 Å². The quantitative estimate of drug-likeness (QED) is 0.501. The van der Waals surface area contributed by atoms with Gasteiger partial charge in [0.1, 0.15) is 11.3 Å². The molecule has 27 heavy (non-hydrogen) atoms. The van der Waals surface area contributed by atoms with Crippen LogP contribution in [0.2, 0.25) is 0 Å². The van der Waals surface area contributed by atoms with Gasteiger partial charge in [-0.2, -0.15) is 0 Å². The molecule has 0 unspecified atom stereocenters. The zero-order chi connectivity index (χ0) is 18.8. The normalized spacial score (nSPS) is 11.0. The van der Waals surface area contributed by atoms with Gasteiger partial charge >= 0.3 is 11.7 Å². The van der Waals surface area contributed by atoms with Gasteiger partial charge in [-0.3, -0.25) is 14.1 Å². The van der Waals surface area contributed by atoms with Gasteiger partial charge in [0, 0.05) is 17.1 Å². The zero-order valence-electron chi connectivity index (χ0n) is 14.4. The Kier molecular flexibility index (Phi) is 4.29. The first-order chi connectivity index (χ1) is 13.2. The van der Waals surface area contributed by atoms with Crippen LogP contribution in [0.25, 0.3) is 22.5 Å². The van der Waals surface area contributed by atoms with E-state index < -0.39 is 11.7 Å². The summed E-state index contributed by atoms with van der Waals surface area (Å²) >= 11 is 0. The highest BCUT2D eigenvalue weighted by atomic mass is 16.5. The third-order valence-electron chi connectivity index (χ3n) is 4.06. The summed E-state index contributed by atoms with van der Waals surface area (Å²) in [5, 5.41) is 4.53. The highest BCUT2D eigenvalue weighted by Gasteiger charge is 2.24. The predicted octanol–water partition coefficient (Wildman–Crippen LogP) is 2.87. The van der Waals surface area contributed by atoms with Gasteiger partial charge in [0.05, 0.1) is 13.2 Å². The zero-order valence-corrected chi connectivity index (χ0v) is 14.4. The molecule has 0 amide bonds. The van der Waals surface area contributed by atoms with Crippen molar-refractivity contribution in [2.75, 3.05) is 6.61 Å². The fraction of sp³-hybridized carbons (Fsp3) is 0.158. The molecule has 4 rings (SSSR count). The molecule has 1 aromatic carbocycles. The summed E-state index contributed by atoms with van der Waals surface area (Å²) in [6.07, 6.45) is 1.59. The molecular formula is C19H15N3O5. The van der Waals surface area contributed by atoms with Crippen LogP contribution >= 0.6 is 0 Å². The second kappa shape index (κ2) is 6.91. The maximum Gasteiger partial charge on any atom is 0.442 e. The molecule has 0 radical (unpaired) electrons. The van der Waals surface area contributed by atoms with Gasteiger partial charge in [-0.25, -0.2) is 9.59 Å². The SMILES string of the molecule is CCOC(=O)c1oc2ccccc2c1Cn1c(-c2ccccn2)noc1=O. The molecule has 3 aromatic heterocycles. The summed E-state index contributed by atoms with van der Waals surface area (Å²) in [6.45, 7) is 1.95. The number of para-hydroxylation sites is 1. The van der Waals surface area contributed by atoms with Gasteiger partial charge in [0.15, 0.2) is 0 Å². The van der Waals surface area contributed by atoms with Crippen molar-refractivity contribution in [2.45, 2.75) is 13.5 Å². The summed E-state index contributed by atoms with van der Waals surface area (Å²) in [4.78, 5) is 28.8. The lowest BCUT2D eigenvalue weighted by Crippen LogP contribution is -2.18. The minimum Gasteiger partial charge on any atom is -0.460 e. The number of rotatable bonds is 5. The van der Waals surface area contributed by atoms with E-state index in [-0.39, 0.29) is 24.7 Å². The lowest BCUT2D eigenvalue weighted by Gasteiger charge is -2.05.